The van der Waals surface area contributed by atoms with E-state index in [1.54, 1.807) is 60.7 Å². The van der Waals surface area contributed by atoms with Crippen LogP contribution < -0.4 is 24.4 Å². The molecule has 0 saturated heterocycles. The van der Waals surface area contributed by atoms with Crippen molar-refractivity contribution in [2.24, 2.45) is 0 Å². The first-order chi connectivity index (χ1) is 16.0. The molecule has 2 amide bonds. The van der Waals surface area contributed by atoms with Gasteiger partial charge in [-0.15, -0.1) is 0 Å². The summed E-state index contributed by atoms with van der Waals surface area (Å²) in [7, 11) is 1.52. The zero-order valence-electron chi connectivity index (χ0n) is 17.9. The number of para-hydroxylation sites is 3. The smallest absolute Gasteiger partial charge is 0.265 e. The monoisotopic (exact) mass is 446 g/mol. The molecule has 3 aromatic rings. The number of hydrogen-bond acceptors (Lipinski definition) is 6. The Hall–Kier alpha value is -4.33. The number of anilines is 2. The lowest BCUT2D eigenvalue weighted by atomic mass is 10.1. The van der Waals surface area contributed by atoms with Crippen LogP contribution in [0.1, 0.15) is 10.4 Å². The largest absolute Gasteiger partial charge is 0.493 e. The summed E-state index contributed by atoms with van der Waals surface area (Å²) in [5.74, 6) is 0.355. The molecule has 0 unspecified atom stereocenters. The Morgan fingerprint density at radius 3 is 2.48 bits per heavy atom. The van der Waals surface area contributed by atoms with Crippen LogP contribution in [0.3, 0.4) is 0 Å². The number of ether oxygens (including phenoxy) is 3. The maximum atomic E-state index is 12.8. The second-order valence-electron chi connectivity index (χ2n) is 7.23. The van der Waals surface area contributed by atoms with Gasteiger partial charge in [0.25, 0.3) is 5.91 Å². The lowest BCUT2D eigenvalue weighted by Crippen LogP contribution is -2.43. The van der Waals surface area contributed by atoms with E-state index in [9.17, 15) is 14.4 Å². The summed E-state index contributed by atoms with van der Waals surface area (Å²) in [6.45, 7) is -0.613. The fourth-order valence-electron chi connectivity index (χ4n) is 3.38. The maximum absolute atomic E-state index is 12.8. The molecule has 0 bridgehead atoms. The molecule has 0 spiro atoms. The summed E-state index contributed by atoms with van der Waals surface area (Å²) in [6.07, 6.45) is 0. The first-order valence-corrected chi connectivity index (χ1v) is 10.3. The number of amides is 2. The van der Waals surface area contributed by atoms with Crippen LogP contribution >= 0.6 is 0 Å². The lowest BCUT2D eigenvalue weighted by Gasteiger charge is -2.29. The van der Waals surface area contributed by atoms with E-state index < -0.39 is 0 Å². The van der Waals surface area contributed by atoms with Crippen molar-refractivity contribution in [2.75, 3.05) is 37.1 Å². The lowest BCUT2D eigenvalue weighted by molar-refractivity contribution is -0.123. The highest BCUT2D eigenvalue weighted by molar-refractivity contribution is 6.06. The predicted octanol–water partition coefficient (Wildman–Crippen LogP) is 3.32. The molecule has 3 aromatic carbocycles. The van der Waals surface area contributed by atoms with E-state index in [2.05, 4.69) is 5.32 Å². The van der Waals surface area contributed by atoms with Crippen LogP contribution in [0, 0.1) is 0 Å². The predicted molar refractivity (Wildman–Crippen MR) is 122 cm³/mol. The third-order valence-corrected chi connectivity index (χ3v) is 5.01. The number of carbonyl (C=O) groups excluding carboxylic acids is 3. The van der Waals surface area contributed by atoms with Crippen molar-refractivity contribution in [1.82, 2.24) is 0 Å². The van der Waals surface area contributed by atoms with Crippen molar-refractivity contribution in [3.8, 4) is 17.2 Å². The summed E-state index contributed by atoms with van der Waals surface area (Å²) < 4.78 is 16.3. The molecule has 8 heteroatoms. The second kappa shape index (κ2) is 9.86. The molecule has 0 radical (unpaired) electrons. The molecule has 0 fully saturated rings. The first-order valence-electron chi connectivity index (χ1n) is 10.3. The summed E-state index contributed by atoms with van der Waals surface area (Å²) in [6, 6.07) is 20.7. The van der Waals surface area contributed by atoms with Crippen LogP contribution in [0.25, 0.3) is 0 Å². The minimum Gasteiger partial charge on any atom is -0.493 e. The van der Waals surface area contributed by atoms with Crippen molar-refractivity contribution < 1.29 is 28.6 Å². The van der Waals surface area contributed by atoms with Gasteiger partial charge in [-0.3, -0.25) is 19.3 Å². The van der Waals surface area contributed by atoms with Gasteiger partial charge in [0.05, 0.1) is 12.8 Å². The summed E-state index contributed by atoms with van der Waals surface area (Å²) in [5, 5.41) is 2.75. The summed E-state index contributed by atoms with van der Waals surface area (Å²) in [5.41, 5.74) is 1.31. The number of nitrogens with one attached hydrogen (secondary N) is 1. The minimum atomic E-state index is -0.374. The van der Waals surface area contributed by atoms with Crippen molar-refractivity contribution >= 4 is 29.0 Å². The summed E-state index contributed by atoms with van der Waals surface area (Å²) >= 11 is 0. The number of ketones is 1. The fourth-order valence-corrected chi connectivity index (χ4v) is 3.38. The van der Waals surface area contributed by atoms with E-state index in [-0.39, 0.29) is 37.4 Å². The molecule has 4 rings (SSSR count). The van der Waals surface area contributed by atoms with Gasteiger partial charge in [-0.25, -0.2) is 0 Å². The molecule has 168 valence electrons. The third-order valence-electron chi connectivity index (χ3n) is 5.01. The average molecular weight is 446 g/mol. The molecule has 0 saturated carbocycles. The number of rotatable bonds is 8. The minimum absolute atomic E-state index is 0.185. The van der Waals surface area contributed by atoms with Crippen molar-refractivity contribution in [2.45, 2.75) is 0 Å². The van der Waals surface area contributed by atoms with Gasteiger partial charge in [0.15, 0.2) is 30.5 Å². The van der Waals surface area contributed by atoms with Crippen LogP contribution in [-0.4, -0.2) is 44.5 Å². The third kappa shape index (κ3) is 5.12. The van der Waals surface area contributed by atoms with Crippen LogP contribution in [-0.2, 0) is 9.59 Å². The normalized spacial score (nSPS) is 12.4. The molecule has 1 N–H and O–H groups in total. The van der Waals surface area contributed by atoms with Gasteiger partial charge < -0.3 is 19.5 Å². The zero-order valence-corrected chi connectivity index (χ0v) is 17.9. The van der Waals surface area contributed by atoms with Gasteiger partial charge in [0.1, 0.15) is 12.3 Å². The van der Waals surface area contributed by atoms with Crippen LogP contribution in [0.15, 0.2) is 72.8 Å². The van der Waals surface area contributed by atoms with E-state index in [4.69, 9.17) is 14.2 Å². The molecule has 1 heterocycles. The number of nitrogens with zero attached hydrogens (tertiary/aromatic N) is 1. The quantitative estimate of drug-likeness (QED) is 0.534. The highest BCUT2D eigenvalue weighted by Gasteiger charge is 2.28. The standard InChI is InChI=1S/C25H22N2O6/c1-31-22-9-5-6-10-23(22)32-15-20(28)17-11-12-21-19(13-17)27(25(30)16-33-21)14-24(29)26-18-7-3-2-4-8-18/h2-13H,14-16H2,1H3,(H,26,29). The highest BCUT2D eigenvalue weighted by atomic mass is 16.5. The van der Waals surface area contributed by atoms with Gasteiger partial charge in [0, 0.05) is 11.3 Å². The Morgan fingerprint density at radius 2 is 1.73 bits per heavy atom. The van der Waals surface area contributed by atoms with Gasteiger partial charge in [-0.1, -0.05) is 30.3 Å². The van der Waals surface area contributed by atoms with Crippen molar-refractivity contribution in [3.63, 3.8) is 0 Å². The van der Waals surface area contributed by atoms with Gasteiger partial charge >= 0.3 is 0 Å². The average Bonchev–Trinajstić information content (AvgIpc) is 2.84. The van der Waals surface area contributed by atoms with E-state index in [0.29, 0.717) is 34.2 Å². The van der Waals surface area contributed by atoms with Gasteiger partial charge in [-0.2, -0.15) is 0 Å². The number of methoxy groups -OCH3 is 1. The van der Waals surface area contributed by atoms with E-state index in [1.165, 1.54) is 18.1 Å². The molecule has 0 atom stereocenters. The van der Waals surface area contributed by atoms with E-state index in [1.807, 2.05) is 6.07 Å². The molecular weight excluding hydrogens is 424 g/mol. The molecule has 0 aromatic heterocycles. The Bertz CT molecular complexity index is 1180. The Kier molecular flexibility index (Phi) is 6.54. The first kappa shape index (κ1) is 21.9. The second-order valence-corrected chi connectivity index (χ2v) is 7.23. The summed E-state index contributed by atoms with van der Waals surface area (Å²) in [4.78, 5) is 39.1. The number of Topliss-reactive ketones (excluding diaryl/α,β-unsaturated/α-hetero) is 1. The van der Waals surface area contributed by atoms with Crippen molar-refractivity contribution in [1.29, 1.82) is 0 Å². The number of benzene rings is 3. The topological polar surface area (TPSA) is 94.2 Å². The van der Waals surface area contributed by atoms with Crippen molar-refractivity contribution in [3.05, 3.63) is 78.4 Å². The Balaban J connectivity index is 1.49. The number of carbonyl (C=O) groups is 3. The number of fused-ring (bicyclic) bond motifs is 1. The highest BCUT2D eigenvalue weighted by Crippen LogP contribution is 2.33. The molecular formula is C25H22N2O6. The molecule has 0 aliphatic carbocycles. The van der Waals surface area contributed by atoms with E-state index in [0.717, 1.165) is 0 Å². The van der Waals surface area contributed by atoms with Gasteiger partial charge in [-0.05, 0) is 42.5 Å². The zero-order chi connectivity index (χ0) is 23.2. The Labute approximate surface area is 190 Å². The van der Waals surface area contributed by atoms with Gasteiger partial charge in [0.2, 0.25) is 5.91 Å². The van der Waals surface area contributed by atoms with Crippen LogP contribution in [0.2, 0.25) is 0 Å². The Morgan fingerprint density at radius 1 is 1.00 bits per heavy atom. The van der Waals surface area contributed by atoms with Crippen LogP contribution in [0.5, 0.6) is 17.2 Å². The van der Waals surface area contributed by atoms with E-state index >= 15 is 0 Å². The fraction of sp³-hybridized carbons (Fsp3) is 0.160. The molecule has 1 aliphatic rings. The molecule has 8 nitrogen and oxygen atoms in total. The number of hydrogen-bond donors (Lipinski definition) is 1. The molecule has 1 aliphatic heterocycles. The molecule has 33 heavy (non-hydrogen) atoms. The maximum Gasteiger partial charge on any atom is 0.265 e. The SMILES string of the molecule is COc1ccccc1OCC(=O)c1ccc2c(c1)N(CC(=O)Nc1ccccc1)C(=O)CO2. The van der Waals surface area contributed by atoms with Crippen LogP contribution in [0.4, 0.5) is 11.4 Å².